The van der Waals surface area contributed by atoms with Crippen LogP contribution in [0.1, 0.15) is 38.7 Å². The first-order valence-electron chi connectivity index (χ1n) is 8.88. The number of ether oxygens (including phenoxy) is 2. The van der Waals surface area contributed by atoms with Gasteiger partial charge in [-0.25, -0.2) is 0 Å². The molecule has 1 saturated carbocycles. The smallest absolute Gasteiger partial charge is 0.224 e. The van der Waals surface area contributed by atoms with Crippen molar-refractivity contribution in [3.8, 4) is 0 Å². The number of hydrogen-bond donors (Lipinski definition) is 1. The van der Waals surface area contributed by atoms with Crippen molar-refractivity contribution < 1.29 is 14.3 Å². The quantitative estimate of drug-likeness (QED) is 0.830. The molecule has 1 aromatic rings. The van der Waals surface area contributed by atoms with Crippen LogP contribution < -0.4 is 5.32 Å². The summed E-state index contributed by atoms with van der Waals surface area (Å²) in [6, 6.07) is 8.52. The van der Waals surface area contributed by atoms with E-state index >= 15 is 0 Å². The molecule has 4 nitrogen and oxygen atoms in total. The van der Waals surface area contributed by atoms with Gasteiger partial charge in [-0.15, -0.1) is 11.8 Å². The van der Waals surface area contributed by atoms with E-state index in [-0.39, 0.29) is 24.2 Å². The highest BCUT2D eigenvalue weighted by molar-refractivity contribution is 7.99. The highest BCUT2D eigenvalue weighted by atomic mass is 32.2. The number of hydrogen-bond acceptors (Lipinski definition) is 4. The van der Waals surface area contributed by atoms with Gasteiger partial charge in [-0.3, -0.25) is 4.79 Å². The number of benzene rings is 1. The van der Waals surface area contributed by atoms with Crippen molar-refractivity contribution in [3.63, 3.8) is 0 Å². The minimum Gasteiger partial charge on any atom is -0.373 e. The fraction of sp³-hybridized carbons (Fsp3) is 0.632. The van der Waals surface area contributed by atoms with Crippen LogP contribution in [0.4, 0.5) is 0 Å². The van der Waals surface area contributed by atoms with Crippen molar-refractivity contribution in [1.29, 1.82) is 0 Å². The molecule has 3 atom stereocenters. The van der Waals surface area contributed by atoms with E-state index in [2.05, 4.69) is 43.4 Å². The summed E-state index contributed by atoms with van der Waals surface area (Å²) in [5.41, 5.74) is 1.06. The van der Waals surface area contributed by atoms with Gasteiger partial charge in [-0.05, 0) is 37.0 Å². The Hall–Kier alpha value is -1.04. The van der Waals surface area contributed by atoms with Crippen molar-refractivity contribution in [2.24, 2.45) is 0 Å². The maximum absolute atomic E-state index is 12.3. The van der Waals surface area contributed by atoms with Crippen molar-refractivity contribution >= 4 is 17.7 Å². The highest BCUT2D eigenvalue weighted by Crippen LogP contribution is 2.27. The Morgan fingerprint density at radius 1 is 1.17 bits per heavy atom. The molecule has 3 rings (SSSR count). The van der Waals surface area contributed by atoms with Crippen LogP contribution in [0.3, 0.4) is 0 Å². The van der Waals surface area contributed by atoms with E-state index in [9.17, 15) is 4.79 Å². The van der Waals surface area contributed by atoms with Crippen molar-refractivity contribution in [2.75, 3.05) is 13.2 Å². The van der Waals surface area contributed by atoms with Gasteiger partial charge in [0.15, 0.2) is 0 Å². The molecular formula is C19H27NO3S. The van der Waals surface area contributed by atoms with E-state index in [0.717, 1.165) is 24.8 Å². The summed E-state index contributed by atoms with van der Waals surface area (Å²) in [4.78, 5) is 13.6. The predicted molar refractivity (Wildman–Crippen MR) is 96.4 cm³/mol. The van der Waals surface area contributed by atoms with Crippen molar-refractivity contribution in [3.05, 3.63) is 29.8 Å². The largest absolute Gasteiger partial charge is 0.373 e. The first kappa shape index (κ1) is 17.8. The van der Waals surface area contributed by atoms with Gasteiger partial charge in [-0.2, -0.15) is 0 Å². The fourth-order valence-electron chi connectivity index (χ4n) is 3.42. The van der Waals surface area contributed by atoms with E-state index in [4.69, 9.17) is 9.47 Å². The average Bonchev–Trinajstić information content (AvgIpc) is 2.56. The van der Waals surface area contributed by atoms with Crippen LogP contribution >= 0.6 is 11.8 Å². The molecule has 0 aromatic heterocycles. The number of amides is 1. The summed E-state index contributed by atoms with van der Waals surface area (Å²) in [6.07, 6.45) is 3.61. The van der Waals surface area contributed by atoms with Crippen LogP contribution in [0.15, 0.2) is 29.2 Å². The molecule has 1 N–H and O–H groups in total. The molecule has 2 aliphatic rings. The van der Waals surface area contributed by atoms with Crippen LogP contribution in [-0.4, -0.2) is 42.6 Å². The zero-order valence-electron chi connectivity index (χ0n) is 14.5. The van der Waals surface area contributed by atoms with Gasteiger partial charge >= 0.3 is 0 Å². The Kier molecular flexibility index (Phi) is 6.19. The van der Waals surface area contributed by atoms with Crippen LogP contribution in [-0.2, 0) is 20.7 Å². The number of carbonyl (C=O) groups is 1. The van der Waals surface area contributed by atoms with Gasteiger partial charge in [0.1, 0.15) is 0 Å². The summed E-state index contributed by atoms with van der Waals surface area (Å²) >= 11 is 1.84. The number of rotatable bonds is 5. The van der Waals surface area contributed by atoms with Crippen LogP contribution in [0.2, 0.25) is 0 Å². The molecule has 132 valence electrons. The molecule has 0 bridgehead atoms. The maximum atomic E-state index is 12.3. The molecule has 1 heterocycles. The van der Waals surface area contributed by atoms with Crippen LogP contribution in [0, 0.1) is 0 Å². The topological polar surface area (TPSA) is 47.6 Å². The Morgan fingerprint density at radius 3 is 2.58 bits per heavy atom. The standard InChI is InChI=1S/C19H27NO3S/c1-13(2)24-16-6-3-14(4-7-16)11-19(21)20-15-5-8-17-18(12-15)23-10-9-22-17/h3-4,6-7,13,15,17-18H,5,8-12H2,1-2H3,(H,20,21)/t15-,17-,18-/m1/s1. The molecule has 1 aliphatic carbocycles. The predicted octanol–water partition coefficient (Wildman–Crippen LogP) is 3.18. The third kappa shape index (κ3) is 4.98. The van der Waals surface area contributed by atoms with E-state index in [1.54, 1.807) is 0 Å². The Labute approximate surface area is 148 Å². The maximum Gasteiger partial charge on any atom is 0.224 e. The van der Waals surface area contributed by atoms with E-state index in [1.165, 1.54) is 4.90 Å². The summed E-state index contributed by atoms with van der Waals surface area (Å²) in [5.74, 6) is 0.0967. The second kappa shape index (κ2) is 8.37. The van der Waals surface area contributed by atoms with Gasteiger partial charge < -0.3 is 14.8 Å². The van der Waals surface area contributed by atoms with E-state index in [1.807, 2.05) is 11.8 Å². The number of thioether (sulfide) groups is 1. The average molecular weight is 349 g/mol. The lowest BCUT2D eigenvalue weighted by Gasteiger charge is -2.39. The molecule has 5 heteroatoms. The molecular weight excluding hydrogens is 322 g/mol. The second-order valence-corrected chi connectivity index (χ2v) is 8.53. The summed E-state index contributed by atoms with van der Waals surface area (Å²) in [6.45, 7) is 5.73. The lowest BCUT2D eigenvalue weighted by atomic mass is 9.89. The third-order valence-corrected chi connectivity index (χ3v) is 5.52. The molecule has 24 heavy (non-hydrogen) atoms. The van der Waals surface area contributed by atoms with Gasteiger partial charge in [0.25, 0.3) is 0 Å². The molecule has 2 fully saturated rings. The van der Waals surface area contributed by atoms with Crippen LogP contribution in [0.25, 0.3) is 0 Å². The van der Waals surface area contributed by atoms with Crippen LogP contribution in [0.5, 0.6) is 0 Å². The van der Waals surface area contributed by atoms with Gasteiger partial charge in [0, 0.05) is 16.2 Å². The summed E-state index contributed by atoms with van der Waals surface area (Å²) in [7, 11) is 0. The Bertz CT molecular complexity index is 546. The summed E-state index contributed by atoms with van der Waals surface area (Å²) in [5, 5.41) is 3.74. The first-order chi connectivity index (χ1) is 11.6. The molecule has 1 amide bonds. The van der Waals surface area contributed by atoms with Gasteiger partial charge in [0.2, 0.25) is 5.91 Å². The van der Waals surface area contributed by atoms with Crippen molar-refractivity contribution in [1.82, 2.24) is 5.32 Å². The lowest BCUT2D eigenvalue weighted by molar-refractivity contribution is -0.158. The van der Waals surface area contributed by atoms with E-state index < -0.39 is 0 Å². The normalized spacial score (nSPS) is 26.9. The molecule has 1 saturated heterocycles. The van der Waals surface area contributed by atoms with Crippen molar-refractivity contribution in [2.45, 2.75) is 67.9 Å². The zero-order chi connectivity index (χ0) is 16.9. The second-order valence-electron chi connectivity index (χ2n) is 6.88. The van der Waals surface area contributed by atoms with Gasteiger partial charge in [0.05, 0.1) is 31.8 Å². The SMILES string of the molecule is CC(C)Sc1ccc(CC(=O)N[C@@H]2CC[C@H]3OCCO[C@@H]3C2)cc1. The zero-order valence-corrected chi connectivity index (χ0v) is 15.3. The fourth-order valence-corrected chi connectivity index (χ4v) is 4.26. The molecule has 1 aromatic carbocycles. The Morgan fingerprint density at radius 2 is 1.88 bits per heavy atom. The number of fused-ring (bicyclic) bond motifs is 1. The first-order valence-corrected chi connectivity index (χ1v) is 9.76. The molecule has 0 unspecified atom stereocenters. The summed E-state index contributed by atoms with van der Waals surface area (Å²) < 4.78 is 11.5. The molecule has 0 spiro atoms. The minimum atomic E-state index is 0.0967. The lowest BCUT2D eigenvalue weighted by Crippen LogP contribution is -2.49. The minimum absolute atomic E-state index is 0.0967. The van der Waals surface area contributed by atoms with Gasteiger partial charge in [-0.1, -0.05) is 26.0 Å². The molecule has 0 radical (unpaired) electrons. The number of carbonyl (C=O) groups excluding carboxylic acids is 1. The van der Waals surface area contributed by atoms with E-state index in [0.29, 0.717) is 24.9 Å². The monoisotopic (exact) mass is 349 g/mol. The highest BCUT2D eigenvalue weighted by Gasteiger charge is 2.34. The third-order valence-electron chi connectivity index (χ3n) is 4.50. The molecule has 1 aliphatic heterocycles. The number of nitrogens with one attached hydrogen (secondary N) is 1. The Balaban J connectivity index is 1.47.